The van der Waals surface area contributed by atoms with Gasteiger partial charge < -0.3 is 10.2 Å². The van der Waals surface area contributed by atoms with Crippen LogP contribution in [-0.4, -0.2) is 35.1 Å². The molecule has 0 saturated heterocycles. The maximum atomic E-state index is 14.6. The van der Waals surface area contributed by atoms with Crippen LogP contribution in [0.4, 0.5) is 0 Å². The Bertz CT molecular complexity index is 1310. The van der Waals surface area contributed by atoms with Crippen molar-refractivity contribution in [2.75, 3.05) is 0 Å². The summed E-state index contributed by atoms with van der Waals surface area (Å²) in [5.74, 6) is 3.61. The average Bonchev–Trinajstić information content (AvgIpc) is 3.33. The van der Waals surface area contributed by atoms with Crippen LogP contribution in [0.3, 0.4) is 0 Å². The molecule has 5 fully saturated rings. The molecule has 254 valence electrons. The van der Waals surface area contributed by atoms with E-state index < -0.39 is 26.3 Å². The summed E-state index contributed by atoms with van der Waals surface area (Å²) in [5.41, 5.74) is -0.759. The summed E-state index contributed by atoms with van der Waals surface area (Å²) in [7, 11) is -3.63. The van der Waals surface area contributed by atoms with Crippen molar-refractivity contribution in [3.8, 4) is 0 Å². The van der Waals surface area contributed by atoms with Gasteiger partial charge in [-0.3, -0.25) is 0 Å². The molecule has 2 N–H and O–H groups in total. The smallest absolute Gasteiger partial charge is 0.181 e. The maximum Gasteiger partial charge on any atom is 0.181 e. The van der Waals surface area contributed by atoms with E-state index in [1.165, 1.54) is 32.1 Å². The highest BCUT2D eigenvalue weighted by atomic mass is 32.2. The Kier molecular flexibility index (Phi) is 8.76. The van der Waals surface area contributed by atoms with Crippen LogP contribution in [0.25, 0.3) is 0 Å². The van der Waals surface area contributed by atoms with Gasteiger partial charge in [-0.15, -0.1) is 0 Å². The predicted molar refractivity (Wildman–Crippen MR) is 183 cm³/mol. The largest absolute Gasteiger partial charge is 0.390 e. The molecule has 6 rings (SSSR count). The molecule has 5 aliphatic rings. The van der Waals surface area contributed by atoms with Gasteiger partial charge in [0, 0.05) is 0 Å². The van der Waals surface area contributed by atoms with E-state index in [0.717, 1.165) is 44.4 Å². The van der Waals surface area contributed by atoms with Gasteiger partial charge in [-0.2, -0.15) is 0 Å². The average molecular weight is 641 g/mol. The molecular formula is C40H64O4S. The van der Waals surface area contributed by atoms with Gasteiger partial charge in [-0.05, 0) is 167 Å². The zero-order valence-electron chi connectivity index (χ0n) is 29.5. The Balaban J connectivity index is 1.26. The lowest BCUT2D eigenvalue weighted by Crippen LogP contribution is -2.56. The molecule has 0 aliphatic heterocycles. The molecule has 5 saturated carbocycles. The fraction of sp³-hybridized carbons (Fsp3) is 0.850. The Hall–Kier alpha value is -0.910. The lowest BCUT2D eigenvalue weighted by Gasteiger charge is -2.62. The minimum atomic E-state index is -3.63. The van der Waals surface area contributed by atoms with Gasteiger partial charge in [0.25, 0.3) is 0 Å². The van der Waals surface area contributed by atoms with Gasteiger partial charge in [0.05, 0.1) is 21.3 Å². The predicted octanol–water partition coefficient (Wildman–Crippen LogP) is 9.23. The second kappa shape index (κ2) is 11.6. The molecule has 0 heterocycles. The highest BCUT2D eigenvalue weighted by Crippen LogP contribution is 2.69. The van der Waals surface area contributed by atoms with Crippen LogP contribution < -0.4 is 0 Å². The van der Waals surface area contributed by atoms with Crippen molar-refractivity contribution in [2.24, 2.45) is 57.7 Å². The van der Waals surface area contributed by atoms with E-state index in [1.807, 2.05) is 25.1 Å². The van der Waals surface area contributed by atoms with Crippen LogP contribution >= 0.6 is 0 Å². The first-order valence-electron chi connectivity index (χ1n) is 18.6. The van der Waals surface area contributed by atoms with Crippen molar-refractivity contribution in [3.05, 3.63) is 30.3 Å². The van der Waals surface area contributed by atoms with Crippen molar-refractivity contribution in [1.82, 2.24) is 0 Å². The first-order chi connectivity index (χ1) is 20.9. The van der Waals surface area contributed by atoms with Crippen molar-refractivity contribution in [1.29, 1.82) is 0 Å². The summed E-state index contributed by atoms with van der Waals surface area (Å²) in [4.78, 5) is 0.414. The highest BCUT2D eigenvalue weighted by molar-refractivity contribution is 7.92. The summed E-state index contributed by atoms with van der Waals surface area (Å²) in [6.07, 6.45) is 13.9. The van der Waals surface area contributed by atoms with E-state index in [0.29, 0.717) is 59.2 Å². The molecule has 0 amide bonds. The molecule has 1 unspecified atom stereocenters. The second-order valence-electron chi connectivity index (χ2n) is 18.9. The molecule has 0 spiro atoms. The lowest BCUT2D eigenvalue weighted by atomic mass is 9.43. The minimum absolute atomic E-state index is 0.0113. The number of fused-ring (bicyclic) bond motifs is 5. The number of benzene rings is 1. The molecule has 10 atom stereocenters. The first-order valence-corrected chi connectivity index (χ1v) is 20.2. The van der Waals surface area contributed by atoms with Crippen molar-refractivity contribution < 1.29 is 18.6 Å². The molecule has 1 aromatic carbocycles. The van der Waals surface area contributed by atoms with Gasteiger partial charge in [0.15, 0.2) is 9.84 Å². The molecule has 0 bridgehead atoms. The zero-order valence-corrected chi connectivity index (χ0v) is 30.3. The first kappa shape index (κ1) is 34.0. The summed E-state index contributed by atoms with van der Waals surface area (Å²) in [6, 6.07) is 9.10. The molecule has 1 aromatic rings. The fourth-order valence-electron chi connectivity index (χ4n) is 12.6. The summed E-state index contributed by atoms with van der Waals surface area (Å²) in [6.45, 7) is 16.3. The standard InChI is InChI=1S/C40H64O4S/c1-27(35(45(43,44)30-11-9-8-10-12-30)26-40(42)21-17-28(18-22-40)36(2,3)4)32-15-16-33-31-14-13-29-25-37(5,41)23-24-38(29,6)34(31)19-20-39(32,33)7/h8-12,27-29,31-35,41-42H,13-26H2,1-7H3/t27-,28?,29-,31-,32+,33-,34-,35?,37-,38-,39+,40?/m0/s1. The van der Waals surface area contributed by atoms with Crippen LogP contribution in [0.1, 0.15) is 138 Å². The van der Waals surface area contributed by atoms with Gasteiger partial charge in [-0.1, -0.05) is 59.7 Å². The third kappa shape index (κ3) is 6.00. The second-order valence-corrected chi connectivity index (χ2v) is 21.1. The quantitative estimate of drug-likeness (QED) is 0.325. The van der Waals surface area contributed by atoms with Gasteiger partial charge in [-0.25, -0.2) is 8.42 Å². The normalized spacial score (nSPS) is 45.2. The molecule has 0 aromatic heterocycles. The number of aliphatic hydroxyl groups is 2. The van der Waals surface area contributed by atoms with Gasteiger partial charge in [0.1, 0.15) is 0 Å². The fourth-order valence-corrected chi connectivity index (χ4v) is 14.7. The molecule has 45 heavy (non-hydrogen) atoms. The Morgan fingerprint density at radius 2 is 1.44 bits per heavy atom. The monoisotopic (exact) mass is 640 g/mol. The maximum absolute atomic E-state index is 14.6. The van der Waals surface area contributed by atoms with E-state index in [-0.39, 0.29) is 16.7 Å². The molecule has 4 nitrogen and oxygen atoms in total. The van der Waals surface area contributed by atoms with Crippen LogP contribution in [-0.2, 0) is 9.84 Å². The van der Waals surface area contributed by atoms with E-state index in [4.69, 9.17) is 0 Å². The summed E-state index contributed by atoms with van der Waals surface area (Å²) < 4.78 is 29.2. The minimum Gasteiger partial charge on any atom is -0.390 e. The third-order valence-electron chi connectivity index (χ3n) is 15.4. The Morgan fingerprint density at radius 3 is 2.09 bits per heavy atom. The third-order valence-corrected chi connectivity index (χ3v) is 17.8. The van der Waals surface area contributed by atoms with E-state index >= 15 is 0 Å². The SMILES string of the molecule is C[C@H](C(CC1(O)CCC(C(C)(C)C)CC1)S(=O)(=O)c1ccccc1)[C@H]1CC[C@H]2[C@@H]3CC[C@H]4C[C@@](C)(O)CC[C@]4(C)[C@H]3CC[C@]12C. The lowest BCUT2D eigenvalue weighted by molar-refractivity contribution is -0.148. The number of rotatable bonds is 6. The van der Waals surface area contributed by atoms with E-state index in [1.54, 1.807) is 12.1 Å². The van der Waals surface area contributed by atoms with Crippen molar-refractivity contribution >= 4 is 9.84 Å². The molecule has 0 radical (unpaired) electrons. The Labute approximate surface area is 275 Å². The van der Waals surface area contributed by atoms with Crippen molar-refractivity contribution in [2.45, 2.75) is 160 Å². The Morgan fingerprint density at radius 1 is 0.800 bits per heavy atom. The van der Waals surface area contributed by atoms with Gasteiger partial charge in [0.2, 0.25) is 0 Å². The van der Waals surface area contributed by atoms with E-state index in [9.17, 15) is 18.6 Å². The number of sulfone groups is 1. The van der Waals surface area contributed by atoms with Gasteiger partial charge >= 0.3 is 0 Å². The zero-order chi connectivity index (χ0) is 32.6. The van der Waals surface area contributed by atoms with Crippen LogP contribution in [0.15, 0.2) is 35.2 Å². The van der Waals surface area contributed by atoms with Crippen LogP contribution in [0, 0.1) is 57.7 Å². The molecule has 5 aliphatic carbocycles. The van der Waals surface area contributed by atoms with Crippen molar-refractivity contribution in [3.63, 3.8) is 0 Å². The van der Waals surface area contributed by atoms with Crippen LogP contribution in [0.2, 0.25) is 0 Å². The van der Waals surface area contributed by atoms with Crippen LogP contribution in [0.5, 0.6) is 0 Å². The topological polar surface area (TPSA) is 74.6 Å². The molecule has 5 heteroatoms. The van der Waals surface area contributed by atoms with E-state index in [2.05, 4.69) is 41.5 Å². The molecular weight excluding hydrogens is 577 g/mol. The summed E-state index contributed by atoms with van der Waals surface area (Å²) >= 11 is 0. The number of hydrogen-bond acceptors (Lipinski definition) is 4. The highest BCUT2D eigenvalue weighted by Gasteiger charge is 2.62. The number of hydrogen-bond donors (Lipinski definition) is 2. The summed E-state index contributed by atoms with van der Waals surface area (Å²) in [5, 5.41) is 22.4.